The first-order chi connectivity index (χ1) is 31.4. The molecule has 13 nitrogen and oxygen atoms in total. The van der Waals surface area contributed by atoms with Crippen LogP contribution in [0.15, 0.2) is 36.4 Å². The minimum atomic E-state index is -4.51. The molecule has 5 N–H and O–H groups in total. The number of nitrogens with one attached hydrogen (secondary N) is 3. The number of ether oxygens (including phenoxy) is 2. The first-order valence-corrected chi connectivity index (χ1v) is 23.4. The minimum absolute atomic E-state index is 0.0242. The molecule has 8 rings (SSSR count). The Balaban J connectivity index is 0.000000222. The average molecular weight is 940 g/mol. The summed E-state index contributed by atoms with van der Waals surface area (Å²) in [6.45, 7) is 11.3. The Morgan fingerprint density at radius 3 is 1.61 bits per heavy atom. The molecule has 66 heavy (non-hydrogen) atoms. The van der Waals surface area contributed by atoms with E-state index in [0.29, 0.717) is 54.7 Å². The number of alkyl halides is 6. The summed E-state index contributed by atoms with van der Waals surface area (Å²) in [6, 6.07) is 6.17. The van der Waals surface area contributed by atoms with Crippen LogP contribution >= 0.6 is 0 Å². The van der Waals surface area contributed by atoms with Gasteiger partial charge < -0.3 is 36.1 Å². The van der Waals surface area contributed by atoms with Gasteiger partial charge in [0.25, 0.3) is 0 Å². The largest absolute Gasteiger partial charge is 0.416 e. The highest BCUT2D eigenvalue weighted by atomic mass is 19.4. The second-order valence-corrected chi connectivity index (χ2v) is 17.9. The van der Waals surface area contributed by atoms with Crippen molar-refractivity contribution in [2.75, 3.05) is 43.3 Å². The van der Waals surface area contributed by atoms with Crippen LogP contribution < -0.4 is 26.6 Å². The van der Waals surface area contributed by atoms with Gasteiger partial charge in [0.2, 0.25) is 11.8 Å². The van der Waals surface area contributed by atoms with E-state index >= 15 is 0 Å². The second-order valence-electron chi connectivity index (χ2n) is 17.9. The molecular weight excluding hydrogens is 873 g/mol. The van der Waals surface area contributed by atoms with E-state index in [9.17, 15) is 45.5 Å². The predicted octanol–water partition coefficient (Wildman–Crippen LogP) is 9.18. The maximum atomic E-state index is 13.2. The molecule has 368 valence electrons. The van der Waals surface area contributed by atoms with Gasteiger partial charge in [0.1, 0.15) is 6.67 Å². The van der Waals surface area contributed by atoms with Gasteiger partial charge in [-0.15, -0.1) is 0 Å². The maximum absolute atomic E-state index is 13.2. The second kappa shape index (κ2) is 24.0. The number of halogens is 6. The number of amides is 6. The number of hydrogen-bond donors (Lipinski definition) is 4. The molecule has 4 fully saturated rings. The van der Waals surface area contributed by atoms with E-state index in [1.54, 1.807) is 0 Å². The van der Waals surface area contributed by atoms with E-state index in [-0.39, 0.29) is 61.1 Å². The number of rotatable bonds is 6. The summed E-state index contributed by atoms with van der Waals surface area (Å²) in [5, 5.41) is 9.73. The Morgan fingerprint density at radius 2 is 1.12 bits per heavy atom. The highest BCUT2D eigenvalue weighted by Gasteiger charge is 2.41. The van der Waals surface area contributed by atoms with E-state index in [0.717, 1.165) is 99.0 Å². The van der Waals surface area contributed by atoms with Crippen molar-refractivity contribution in [1.82, 2.24) is 20.4 Å². The minimum Gasteiger partial charge on any atom is -0.381 e. The highest BCUT2D eigenvalue weighted by Crippen LogP contribution is 2.38. The normalized spacial score (nSPS) is 23.5. The van der Waals surface area contributed by atoms with Gasteiger partial charge in [-0.05, 0) is 112 Å². The Labute approximate surface area is 383 Å². The van der Waals surface area contributed by atoms with Gasteiger partial charge in [0, 0.05) is 74.7 Å². The number of anilines is 2. The number of nitrogens with zero attached hydrogens (tertiary/aromatic N) is 3. The van der Waals surface area contributed by atoms with Crippen LogP contribution in [0.5, 0.6) is 0 Å². The summed E-state index contributed by atoms with van der Waals surface area (Å²) < 4.78 is 89.1. The van der Waals surface area contributed by atoms with Gasteiger partial charge >= 0.3 is 24.4 Å². The van der Waals surface area contributed by atoms with Crippen LogP contribution in [-0.4, -0.2) is 90.9 Å². The first kappa shape index (κ1) is 52.5. The molecule has 2 saturated carbocycles. The topological polar surface area (TPSA) is 159 Å². The Kier molecular flexibility index (Phi) is 19.1. The van der Waals surface area contributed by atoms with Crippen LogP contribution in [0, 0.1) is 11.8 Å². The van der Waals surface area contributed by atoms with Gasteiger partial charge in [0.05, 0.1) is 23.4 Å². The van der Waals surface area contributed by atoms with E-state index in [1.807, 2.05) is 0 Å². The van der Waals surface area contributed by atoms with Crippen molar-refractivity contribution < 1.29 is 55.0 Å². The molecule has 3 unspecified atom stereocenters. The summed E-state index contributed by atoms with van der Waals surface area (Å²) >= 11 is 0. The molecule has 6 amide bonds. The third kappa shape index (κ3) is 14.3. The van der Waals surface area contributed by atoms with Crippen molar-refractivity contribution in [3.63, 3.8) is 0 Å². The van der Waals surface area contributed by atoms with Crippen LogP contribution in [-0.2, 0) is 44.5 Å². The molecule has 4 heterocycles. The summed E-state index contributed by atoms with van der Waals surface area (Å²) in [6.07, 6.45) is 1.72. The maximum Gasteiger partial charge on any atom is 0.416 e. The van der Waals surface area contributed by atoms with Crippen molar-refractivity contribution in [1.29, 1.82) is 0 Å². The lowest BCUT2D eigenvalue weighted by Crippen LogP contribution is -2.51. The summed E-state index contributed by atoms with van der Waals surface area (Å²) in [4.78, 5) is 54.1. The number of hydrogen-bond acceptors (Lipinski definition) is 8. The van der Waals surface area contributed by atoms with E-state index in [1.165, 1.54) is 29.9 Å². The van der Waals surface area contributed by atoms with Gasteiger partial charge in [-0.3, -0.25) is 19.4 Å². The first-order valence-electron chi connectivity index (χ1n) is 23.4. The lowest BCUT2D eigenvalue weighted by molar-refractivity contribution is -0.138. The van der Waals surface area contributed by atoms with Crippen molar-refractivity contribution in [3.8, 4) is 0 Å². The Bertz CT molecular complexity index is 1940. The summed E-state index contributed by atoms with van der Waals surface area (Å²) in [5.41, 5.74) is 5.04. The number of imide groups is 1. The smallest absolute Gasteiger partial charge is 0.381 e. The zero-order chi connectivity index (χ0) is 48.2. The van der Waals surface area contributed by atoms with Crippen LogP contribution in [0.2, 0.25) is 0 Å². The van der Waals surface area contributed by atoms with Crippen molar-refractivity contribution in [2.45, 2.75) is 154 Å². The molecule has 4 atom stereocenters. The zero-order valence-electron chi connectivity index (χ0n) is 38.5. The molecule has 6 aliphatic rings. The quantitative estimate of drug-likeness (QED) is 0.209. The SMILES string of the molecule is CCC.CCC.NC(=O)N1CN(C(=O)C2CCC(NC3CCOCC3)C2)Cc2cc(C(F)(F)F)ccc21.O=C1Nc2ccc(C(F)(F)F)cc2CN1C(=O)[C@H]1CCC(NC2CCOCC2)C1. The van der Waals surface area contributed by atoms with E-state index in [2.05, 4.69) is 43.6 Å². The number of fused-ring (bicyclic) bond motifs is 2. The van der Waals surface area contributed by atoms with Gasteiger partial charge in [0.15, 0.2) is 0 Å². The molecule has 2 aliphatic carbocycles. The molecule has 2 aromatic carbocycles. The van der Waals surface area contributed by atoms with Crippen molar-refractivity contribution in [3.05, 3.63) is 58.7 Å². The zero-order valence-corrected chi connectivity index (χ0v) is 38.5. The standard InChI is InChI=1S/C21H27F3N4O3.C20H24F3N3O3.2C3H8/c22-21(23,24)15-2-4-18-14(9-15)11-27(12-28(18)20(25)30)19(29)13-1-3-17(10-13)26-16-5-7-31-8-6-16;21-20(22,23)14-2-4-17-13(9-14)11-26(19(28)25-17)18(27)12-1-3-16(10-12)24-15-5-7-29-8-6-15;2*1-3-2/h2,4,9,13,16-17,26H,1,3,5-8,10-12H2,(H2,25,30);2,4,9,12,15-16,24H,1,3,5-8,10-11H2,(H,25,28);2*3H2,1-2H3/t;12-,16?;;/m.0../s1. The number of benzene rings is 2. The van der Waals surface area contributed by atoms with Crippen LogP contribution in [0.25, 0.3) is 0 Å². The molecule has 2 saturated heterocycles. The molecule has 19 heteroatoms. The van der Waals surface area contributed by atoms with E-state index in [4.69, 9.17) is 15.2 Å². The number of carbonyl (C=O) groups is 4. The van der Waals surface area contributed by atoms with Gasteiger partial charge in [-0.25, -0.2) is 9.59 Å². The van der Waals surface area contributed by atoms with Crippen LogP contribution in [0.3, 0.4) is 0 Å². The number of primary amides is 1. The Hall–Kier alpha value is -4.46. The third-order valence-corrected chi connectivity index (χ3v) is 12.4. The number of nitrogens with two attached hydrogens (primary N) is 1. The number of carbonyl (C=O) groups excluding carboxylic acids is 4. The van der Waals surface area contributed by atoms with Gasteiger partial charge in [-0.1, -0.05) is 40.5 Å². The Morgan fingerprint density at radius 1 is 0.652 bits per heavy atom. The third-order valence-electron chi connectivity index (χ3n) is 12.4. The molecule has 0 spiro atoms. The molecule has 2 aromatic rings. The molecule has 4 aliphatic heterocycles. The fourth-order valence-electron chi connectivity index (χ4n) is 9.20. The van der Waals surface area contributed by atoms with Crippen molar-refractivity contribution >= 4 is 35.3 Å². The monoisotopic (exact) mass is 940 g/mol. The lowest BCUT2D eigenvalue weighted by Gasteiger charge is -2.37. The predicted molar refractivity (Wildman–Crippen MR) is 238 cm³/mol. The molecule has 0 radical (unpaired) electrons. The van der Waals surface area contributed by atoms with Crippen LogP contribution in [0.1, 0.15) is 127 Å². The summed E-state index contributed by atoms with van der Waals surface area (Å²) in [5.74, 6) is -0.989. The van der Waals surface area contributed by atoms with Crippen LogP contribution in [0.4, 0.5) is 47.3 Å². The average Bonchev–Trinajstić information content (AvgIpc) is 3.96. The molecular formula is C47H67F6N7O6. The molecule has 0 bridgehead atoms. The molecule has 0 aromatic heterocycles. The lowest BCUT2D eigenvalue weighted by atomic mass is 10.0. The van der Waals surface area contributed by atoms with Gasteiger partial charge in [-0.2, -0.15) is 26.3 Å². The fraction of sp³-hybridized carbons (Fsp3) is 0.660. The van der Waals surface area contributed by atoms with E-state index < -0.39 is 35.5 Å². The fourth-order valence-corrected chi connectivity index (χ4v) is 9.20. The van der Waals surface area contributed by atoms with Crippen molar-refractivity contribution in [2.24, 2.45) is 17.6 Å². The summed E-state index contributed by atoms with van der Waals surface area (Å²) in [7, 11) is 0. The number of urea groups is 2. The highest BCUT2D eigenvalue weighted by molar-refractivity contribution is 6.04.